The van der Waals surface area contributed by atoms with Gasteiger partial charge < -0.3 is 4.90 Å². The van der Waals surface area contributed by atoms with Crippen LogP contribution in [0, 0.1) is 0 Å². The lowest BCUT2D eigenvalue weighted by atomic mass is 9.57. The monoisotopic (exact) mass is 677 g/mol. The summed E-state index contributed by atoms with van der Waals surface area (Å²) in [6, 6.07) is 70.4. The van der Waals surface area contributed by atoms with Crippen molar-refractivity contribution in [1.82, 2.24) is 0 Å². The first-order valence-corrected chi connectivity index (χ1v) is 19.1. The highest BCUT2D eigenvalue weighted by Gasteiger charge is 2.53. The quantitative estimate of drug-likeness (QED) is 0.179. The molecule has 1 nitrogen and oxygen atoms in total. The van der Waals surface area contributed by atoms with Crippen LogP contribution in [-0.2, 0) is 10.8 Å². The van der Waals surface area contributed by atoms with Gasteiger partial charge in [0.05, 0.1) is 5.69 Å². The van der Waals surface area contributed by atoms with Gasteiger partial charge in [0.2, 0.25) is 0 Å². The van der Waals surface area contributed by atoms with Gasteiger partial charge in [0.15, 0.2) is 0 Å². The zero-order valence-corrected chi connectivity index (χ0v) is 29.7. The first-order valence-electron chi connectivity index (χ1n) is 19.1. The zero-order chi connectivity index (χ0) is 35.0. The maximum atomic E-state index is 2.56. The van der Waals surface area contributed by atoms with E-state index in [2.05, 4.69) is 193 Å². The van der Waals surface area contributed by atoms with Crippen LogP contribution in [0.5, 0.6) is 0 Å². The molecule has 0 unspecified atom stereocenters. The molecule has 0 heterocycles. The minimum absolute atomic E-state index is 0.0479. The first kappa shape index (κ1) is 30.4. The molecule has 1 fully saturated rings. The van der Waals surface area contributed by atoms with Crippen LogP contribution in [0.15, 0.2) is 188 Å². The van der Waals surface area contributed by atoms with Crippen LogP contribution in [-0.4, -0.2) is 0 Å². The van der Waals surface area contributed by atoms with Crippen molar-refractivity contribution < 1.29 is 0 Å². The summed E-state index contributed by atoms with van der Waals surface area (Å²) in [5, 5.41) is 2.49. The first-order chi connectivity index (χ1) is 26.2. The number of hydrogen-bond acceptors (Lipinski definition) is 1. The molecule has 0 aliphatic heterocycles. The SMILES string of the molecule is c1ccc(-c2ccccc2N(c2ccc3c(c2)C2(CCC4(CC2)c2ccccc2-c2ccccc24)c2ccccc2-3)c2ccc3ccccc3c2)cc1. The van der Waals surface area contributed by atoms with E-state index >= 15 is 0 Å². The van der Waals surface area contributed by atoms with E-state index in [-0.39, 0.29) is 10.8 Å². The fourth-order valence-electron chi connectivity index (χ4n) is 10.5. The molecule has 0 bridgehead atoms. The maximum Gasteiger partial charge on any atom is 0.0540 e. The largest absolute Gasteiger partial charge is 0.310 e. The molecular formula is C52H39N. The lowest BCUT2D eigenvalue weighted by molar-refractivity contribution is 0.265. The van der Waals surface area contributed by atoms with Gasteiger partial charge in [-0.15, -0.1) is 0 Å². The van der Waals surface area contributed by atoms with Crippen molar-refractivity contribution in [2.24, 2.45) is 0 Å². The van der Waals surface area contributed by atoms with E-state index in [9.17, 15) is 0 Å². The maximum absolute atomic E-state index is 2.56. The number of benzene rings is 8. The predicted octanol–water partition coefficient (Wildman–Crippen LogP) is 13.8. The lowest BCUT2D eigenvalue weighted by Crippen LogP contribution is -2.39. The van der Waals surface area contributed by atoms with E-state index < -0.39 is 0 Å². The number of fused-ring (bicyclic) bond motifs is 11. The summed E-state index contributed by atoms with van der Waals surface area (Å²) in [4.78, 5) is 2.50. The van der Waals surface area contributed by atoms with Crippen LogP contribution in [0.4, 0.5) is 17.1 Å². The van der Waals surface area contributed by atoms with Crippen LogP contribution in [0.3, 0.4) is 0 Å². The van der Waals surface area contributed by atoms with Gasteiger partial charge in [-0.2, -0.15) is 0 Å². The molecule has 0 radical (unpaired) electrons. The topological polar surface area (TPSA) is 3.24 Å². The number of nitrogens with zero attached hydrogens (tertiary/aromatic N) is 1. The Morgan fingerprint density at radius 1 is 0.321 bits per heavy atom. The highest BCUT2D eigenvalue weighted by Crippen LogP contribution is 2.64. The van der Waals surface area contributed by atoms with Crippen LogP contribution >= 0.6 is 0 Å². The Morgan fingerprint density at radius 2 is 0.774 bits per heavy atom. The Morgan fingerprint density at radius 3 is 1.42 bits per heavy atom. The fraction of sp³-hybridized carbons (Fsp3) is 0.115. The Kier molecular flexibility index (Phi) is 6.70. The summed E-state index contributed by atoms with van der Waals surface area (Å²) in [6.45, 7) is 0. The highest BCUT2D eigenvalue weighted by atomic mass is 15.1. The van der Waals surface area contributed by atoms with E-state index in [1.807, 2.05) is 0 Å². The highest BCUT2D eigenvalue weighted by molar-refractivity contribution is 5.94. The minimum atomic E-state index is -0.0479. The Labute approximate surface area is 311 Å². The summed E-state index contributed by atoms with van der Waals surface area (Å²) in [5.41, 5.74) is 17.7. The Hall–Kier alpha value is -6.18. The van der Waals surface area contributed by atoms with Crippen molar-refractivity contribution in [3.05, 3.63) is 210 Å². The molecule has 0 aromatic heterocycles. The number of anilines is 3. The van der Waals surface area contributed by atoms with E-state index in [1.54, 1.807) is 0 Å². The van der Waals surface area contributed by atoms with Crippen molar-refractivity contribution in [1.29, 1.82) is 0 Å². The van der Waals surface area contributed by atoms with Crippen molar-refractivity contribution >= 4 is 27.8 Å². The molecule has 0 N–H and O–H groups in total. The molecule has 1 saturated carbocycles. The summed E-state index contributed by atoms with van der Waals surface area (Å²) >= 11 is 0. The number of hydrogen-bond donors (Lipinski definition) is 0. The van der Waals surface area contributed by atoms with Crippen molar-refractivity contribution in [3.8, 4) is 33.4 Å². The molecule has 252 valence electrons. The second-order valence-electron chi connectivity index (χ2n) is 15.3. The summed E-state index contributed by atoms with van der Waals surface area (Å²) in [6.07, 6.45) is 4.48. The lowest BCUT2D eigenvalue weighted by Gasteiger charge is -2.45. The van der Waals surface area contributed by atoms with E-state index in [0.717, 1.165) is 25.7 Å². The third kappa shape index (κ3) is 4.44. The summed E-state index contributed by atoms with van der Waals surface area (Å²) in [5.74, 6) is 0. The molecule has 3 aliphatic carbocycles. The van der Waals surface area contributed by atoms with Crippen molar-refractivity contribution in [3.63, 3.8) is 0 Å². The molecule has 0 atom stereocenters. The van der Waals surface area contributed by atoms with Crippen LogP contribution in [0.2, 0.25) is 0 Å². The fourth-order valence-corrected chi connectivity index (χ4v) is 10.5. The molecular weight excluding hydrogens is 639 g/mol. The van der Waals surface area contributed by atoms with E-state index in [0.29, 0.717) is 0 Å². The van der Waals surface area contributed by atoms with Crippen molar-refractivity contribution in [2.45, 2.75) is 36.5 Å². The predicted molar refractivity (Wildman–Crippen MR) is 221 cm³/mol. The molecule has 11 rings (SSSR count). The Balaban J connectivity index is 1.09. The number of rotatable bonds is 4. The third-order valence-electron chi connectivity index (χ3n) is 12.9. The Bertz CT molecular complexity index is 2650. The molecule has 53 heavy (non-hydrogen) atoms. The molecule has 2 spiro atoms. The van der Waals surface area contributed by atoms with Crippen LogP contribution < -0.4 is 4.90 Å². The van der Waals surface area contributed by atoms with Gasteiger partial charge in [-0.25, -0.2) is 0 Å². The van der Waals surface area contributed by atoms with Gasteiger partial charge in [-0.3, -0.25) is 0 Å². The van der Waals surface area contributed by atoms with Gasteiger partial charge in [0.1, 0.15) is 0 Å². The van der Waals surface area contributed by atoms with E-state index in [4.69, 9.17) is 0 Å². The van der Waals surface area contributed by atoms with Gasteiger partial charge in [0.25, 0.3) is 0 Å². The molecule has 8 aromatic rings. The standard InChI is InChI=1S/C52H39N/c1-2-15-37(16-3-1)41-18-9-13-25-50(41)53(39-27-26-36-14-4-5-17-38(36)34-39)40-28-29-45-44-21-8-12-24-48(44)52(49(45)35-40)32-30-51(31-33-52)46-22-10-6-19-42(46)43-20-7-11-23-47(43)51/h1-29,34-35H,30-33H2. The molecule has 0 saturated heterocycles. The summed E-state index contributed by atoms with van der Waals surface area (Å²) < 4.78 is 0. The van der Waals surface area contributed by atoms with Crippen LogP contribution in [0.1, 0.15) is 47.9 Å². The zero-order valence-electron chi connectivity index (χ0n) is 29.7. The smallest absolute Gasteiger partial charge is 0.0540 e. The number of para-hydroxylation sites is 1. The van der Waals surface area contributed by atoms with Crippen LogP contribution in [0.25, 0.3) is 44.2 Å². The average Bonchev–Trinajstić information content (AvgIpc) is 3.66. The third-order valence-corrected chi connectivity index (χ3v) is 12.9. The summed E-state index contributed by atoms with van der Waals surface area (Å²) in [7, 11) is 0. The second kappa shape index (κ2) is 11.7. The van der Waals surface area contributed by atoms with Crippen molar-refractivity contribution in [2.75, 3.05) is 4.90 Å². The molecule has 8 aromatic carbocycles. The average molecular weight is 678 g/mol. The molecule has 3 aliphatic rings. The second-order valence-corrected chi connectivity index (χ2v) is 15.3. The minimum Gasteiger partial charge on any atom is -0.310 e. The molecule has 0 amide bonds. The van der Waals surface area contributed by atoms with E-state index in [1.165, 1.54) is 83.5 Å². The van der Waals surface area contributed by atoms with Gasteiger partial charge >= 0.3 is 0 Å². The molecule has 1 heteroatoms. The van der Waals surface area contributed by atoms with Gasteiger partial charge in [0, 0.05) is 27.8 Å². The van der Waals surface area contributed by atoms with Gasteiger partial charge in [-0.1, -0.05) is 158 Å². The van der Waals surface area contributed by atoms with Gasteiger partial charge in [-0.05, 0) is 117 Å². The normalized spacial score (nSPS) is 15.5.